The minimum absolute atomic E-state index is 0.106. The summed E-state index contributed by atoms with van der Waals surface area (Å²) in [5, 5.41) is 0. The maximum absolute atomic E-state index is 13.6. The number of pyridine rings is 1. The average molecular weight is 465 g/mol. The van der Waals surface area contributed by atoms with Crippen molar-refractivity contribution in [3.8, 4) is 5.75 Å². The SMILES string of the molecule is COCCN1C(=O)N(Cc2cccnc2)C(=O)C12CCN(CC=Cc1ccc(OC)cc1)CC2. The fourth-order valence-electron chi connectivity index (χ4n) is 4.73. The fraction of sp³-hybridized carbons (Fsp3) is 0.423. The van der Waals surface area contributed by atoms with Crippen LogP contribution in [0.25, 0.3) is 6.08 Å². The smallest absolute Gasteiger partial charge is 0.328 e. The lowest BCUT2D eigenvalue weighted by molar-refractivity contribution is -0.136. The molecule has 1 aromatic heterocycles. The van der Waals surface area contributed by atoms with Gasteiger partial charge in [0.05, 0.1) is 20.3 Å². The predicted octanol–water partition coefficient (Wildman–Crippen LogP) is 3.05. The number of rotatable bonds is 9. The zero-order valence-electron chi connectivity index (χ0n) is 19.9. The number of hydrogen-bond donors (Lipinski definition) is 0. The Hall–Kier alpha value is -3.23. The Balaban J connectivity index is 1.41. The van der Waals surface area contributed by atoms with Crippen molar-refractivity contribution in [1.82, 2.24) is 19.7 Å². The van der Waals surface area contributed by atoms with E-state index in [0.29, 0.717) is 26.0 Å². The minimum atomic E-state index is -0.798. The number of hydrogen-bond acceptors (Lipinski definition) is 6. The van der Waals surface area contributed by atoms with E-state index in [2.05, 4.69) is 22.0 Å². The van der Waals surface area contributed by atoms with Gasteiger partial charge in [-0.05, 0) is 42.2 Å². The maximum atomic E-state index is 13.6. The summed E-state index contributed by atoms with van der Waals surface area (Å²) >= 11 is 0. The summed E-state index contributed by atoms with van der Waals surface area (Å²) in [7, 11) is 3.27. The molecule has 0 N–H and O–H groups in total. The third-order valence-electron chi connectivity index (χ3n) is 6.68. The molecule has 34 heavy (non-hydrogen) atoms. The number of aromatic nitrogens is 1. The number of methoxy groups -OCH3 is 2. The quantitative estimate of drug-likeness (QED) is 0.531. The van der Waals surface area contributed by atoms with Crippen LogP contribution in [-0.4, -0.2) is 84.2 Å². The summed E-state index contributed by atoms with van der Waals surface area (Å²) in [6.45, 7) is 3.33. The maximum Gasteiger partial charge on any atom is 0.328 e. The number of likely N-dealkylation sites (tertiary alicyclic amines) is 1. The van der Waals surface area contributed by atoms with Gasteiger partial charge in [-0.2, -0.15) is 0 Å². The van der Waals surface area contributed by atoms with Gasteiger partial charge in [0.25, 0.3) is 5.91 Å². The van der Waals surface area contributed by atoms with Crippen molar-refractivity contribution in [2.75, 3.05) is 47.0 Å². The van der Waals surface area contributed by atoms with Gasteiger partial charge >= 0.3 is 6.03 Å². The van der Waals surface area contributed by atoms with E-state index in [-0.39, 0.29) is 18.5 Å². The van der Waals surface area contributed by atoms with Crippen LogP contribution in [0, 0.1) is 0 Å². The molecule has 1 spiro atoms. The van der Waals surface area contributed by atoms with Crippen molar-refractivity contribution in [2.45, 2.75) is 24.9 Å². The molecule has 2 saturated heterocycles. The van der Waals surface area contributed by atoms with E-state index < -0.39 is 5.54 Å². The van der Waals surface area contributed by atoms with Crippen molar-refractivity contribution >= 4 is 18.0 Å². The van der Waals surface area contributed by atoms with Crippen LogP contribution in [0.3, 0.4) is 0 Å². The minimum Gasteiger partial charge on any atom is -0.497 e. The van der Waals surface area contributed by atoms with Crippen LogP contribution in [0.4, 0.5) is 4.79 Å². The second-order valence-electron chi connectivity index (χ2n) is 8.69. The Labute approximate surface area is 200 Å². The zero-order valence-corrected chi connectivity index (χ0v) is 19.9. The molecule has 2 aliphatic rings. The van der Waals surface area contributed by atoms with E-state index >= 15 is 0 Å². The third-order valence-corrected chi connectivity index (χ3v) is 6.68. The molecule has 0 unspecified atom stereocenters. The van der Waals surface area contributed by atoms with Gasteiger partial charge in [0, 0.05) is 45.7 Å². The van der Waals surface area contributed by atoms with Gasteiger partial charge in [0.2, 0.25) is 0 Å². The van der Waals surface area contributed by atoms with Crippen molar-refractivity contribution in [3.05, 3.63) is 66.0 Å². The molecule has 180 valence electrons. The van der Waals surface area contributed by atoms with Crippen molar-refractivity contribution in [2.24, 2.45) is 0 Å². The first kappa shape index (κ1) is 23.9. The number of nitrogens with zero attached hydrogens (tertiary/aromatic N) is 4. The van der Waals surface area contributed by atoms with Crippen LogP contribution in [-0.2, 0) is 16.1 Å². The van der Waals surface area contributed by atoms with Crippen LogP contribution in [0.5, 0.6) is 5.75 Å². The van der Waals surface area contributed by atoms with Crippen LogP contribution in [0.15, 0.2) is 54.9 Å². The Kier molecular flexibility index (Phi) is 7.59. The number of ether oxygens (including phenoxy) is 2. The molecule has 1 aromatic carbocycles. The lowest BCUT2D eigenvalue weighted by Gasteiger charge is -2.42. The molecule has 3 heterocycles. The summed E-state index contributed by atoms with van der Waals surface area (Å²) in [6, 6.07) is 11.4. The standard InChI is InChI=1S/C26H32N4O4/c1-33-18-17-30-25(32)29(20-22-5-3-13-27-19-22)24(31)26(30)11-15-28(16-12-26)14-4-6-21-7-9-23(34-2)10-8-21/h3-10,13,19H,11-12,14-18,20H2,1-2H3. The van der Waals surface area contributed by atoms with Crippen molar-refractivity contribution < 1.29 is 19.1 Å². The van der Waals surface area contributed by atoms with Gasteiger partial charge < -0.3 is 14.4 Å². The molecule has 0 radical (unpaired) electrons. The number of carbonyl (C=O) groups excluding carboxylic acids is 2. The van der Waals surface area contributed by atoms with E-state index in [4.69, 9.17) is 9.47 Å². The zero-order chi connectivity index (χ0) is 24.0. The molecule has 2 aromatic rings. The van der Waals surface area contributed by atoms with E-state index in [1.807, 2.05) is 36.4 Å². The largest absolute Gasteiger partial charge is 0.497 e. The van der Waals surface area contributed by atoms with Gasteiger partial charge in [-0.3, -0.25) is 19.6 Å². The van der Waals surface area contributed by atoms with Gasteiger partial charge in [-0.1, -0.05) is 30.4 Å². The van der Waals surface area contributed by atoms with E-state index in [1.54, 1.807) is 31.5 Å². The first-order valence-corrected chi connectivity index (χ1v) is 11.6. The molecule has 8 nitrogen and oxygen atoms in total. The lowest BCUT2D eigenvalue weighted by Crippen LogP contribution is -2.57. The molecule has 0 bridgehead atoms. The molecule has 8 heteroatoms. The molecule has 0 atom stereocenters. The molecule has 4 rings (SSSR count). The topological polar surface area (TPSA) is 75.2 Å². The number of piperidine rings is 1. The summed E-state index contributed by atoms with van der Waals surface area (Å²) in [5.74, 6) is 0.732. The Morgan fingerprint density at radius 1 is 1.09 bits per heavy atom. The summed E-state index contributed by atoms with van der Waals surface area (Å²) in [5.41, 5.74) is 1.16. The van der Waals surface area contributed by atoms with Gasteiger partial charge in [0.15, 0.2) is 0 Å². The molecule has 0 aliphatic carbocycles. The number of urea groups is 1. The first-order valence-electron chi connectivity index (χ1n) is 11.6. The van der Waals surface area contributed by atoms with Crippen molar-refractivity contribution in [3.63, 3.8) is 0 Å². The number of benzene rings is 1. The van der Waals surface area contributed by atoms with Gasteiger partial charge in [-0.15, -0.1) is 0 Å². The highest BCUT2D eigenvalue weighted by Crippen LogP contribution is 2.37. The number of carbonyl (C=O) groups is 2. The van der Waals surface area contributed by atoms with Crippen LogP contribution >= 0.6 is 0 Å². The lowest BCUT2D eigenvalue weighted by atomic mass is 9.85. The molecular weight excluding hydrogens is 432 g/mol. The molecule has 2 fully saturated rings. The van der Waals surface area contributed by atoms with Crippen LogP contribution in [0.1, 0.15) is 24.0 Å². The van der Waals surface area contributed by atoms with E-state index in [1.165, 1.54) is 4.90 Å². The summed E-state index contributed by atoms with van der Waals surface area (Å²) in [6.07, 6.45) is 8.83. The van der Waals surface area contributed by atoms with Crippen molar-refractivity contribution in [1.29, 1.82) is 0 Å². The Morgan fingerprint density at radius 3 is 2.50 bits per heavy atom. The molecular formula is C26H32N4O4. The third kappa shape index (κ3) is 4.98. The van der Waals surface area contributed by atoms with E-state index in [9.17, 15) is 9.59 Å². The first-order chi connectivity index (χ1) is 16.6. The Morgan fingerprint density at radius 2 is 1.85 bits per heavy atom. The van der Waals surface area contributed by atoms with Crippen LogP contribution < -0.4 is 4.74 Å². The predicted molar refractivity (Wildman–Crippen MR) is 129 cm³/mol. The second-order valence-corrected chi connectivity index (χ2v) is 8.69. The molecule has 0 saturated carbocycles. The van der Waals surface area contributed by atoms with Gasteiger partial charge in [-0.25, -0.2) is 4.79 Å². The monoisotopic (exact) mass is 464 g/mol. The molecule has 3 amide bonds. The highest BCUT2D eigenvalue weighted by atomic mass is 16.5. The number of amides is 3. The molecule has 2 aliphatic heterocycles. The van der Waals surface area contributed by atoms with E-state index in [0.717, 1.165) is 36.5 Å². The highest BCUT2D eigenvalue weighted by molar-refractivity contribution is 6.07. The highest BCUT2D eigenvalue weighted by Gasteiger charge is 2.57. The normalized spacial score (nSPS) is 18.4. The average Bonchev–Trinajstić information content (AvgIpc) is 3.06. The second kappa shape index (κ2) is 10.8. The Bertz CT molecular complexity index is 1000. The number of imide groups is 1. The van der Waals surface area contributed by atoms with Gasteiger partial charge in [0.1, 0.15) is 11.3 Å². The summed E-state index contributed by atoms with van der Waals surface area (Å²) < 4.78 is 10.4. The summed E-state index contributed by atoms with van der Waals surface area (Å²) in [4.78, 5) is 36.4. The van der Waals surface area contributed by atoms with Crippen LogP contribution in [0.2, 0.25) is 0 Å². The fourth-order valence-corrected chi connectivity index (χ4v) is 4.73.